The molecule has 19 heavy (non-hydrogen) atoms. The smallest absolute Gasteiger partial charge is 0.210 e. The van der Waals surface area contributed by atoms with Crippen LogP contribution in [-0.4, -0.2) is 17.1 Å². The van der Waals surface area contributed by atoms with Crippen molar-refractivity contribution in [1.82, 2.24) is 0 Å². The number of nitrogens with zero attached hydrogens (tertiary/aromatic N) is 1. The van der Waals surface area contributed by atoms with Crippen molar-refractivity contribution in [2.24, 2.45) is 10.6 Å². The highest BCUT2D eigenvalue weighted by atomic mass is 16.7. The number of Topliss-reactive ketones (excluding diaryl/α,β-unsaturated/α-hetero) is 1. The minimum absolute atomic E-state index is 0.0294. The van der Waals surface area contributed by atoms with E-state index >= 15 is 0 Å². The van der Waals surface area contributed by atoms with Crippen LogP contribution in [0.5, 0.6) is 0 Å². The van der Waals surface area contributed by atoms with Crippen LogP contribution in [-0.2, 0) is 4.84 Å². The fraction of sp³-hybridized carbons (Fsp3) is 0.500. The highest BCUT2D eigenvalue weighted by Gasteiger charge is 2.40. The lowest BCUT2D eigenvalue weighted by molar-refractivity contribution is -0.0315. The number of ketones is 1. The first-order valence-electron chi connectivity index (χ1n) is 6.64. The number of hydrogen-bond acceptors (Lipinski definition) is 3. The van der Waals surface area contributed by atoms with Gasteiger partial charge in [-0.3, -0.25) is 4.79 Å². The molecule has 0 amide bonds. The van der Waals surface area contributed by atoms with E-state index in [9.17, 15) is 4.79 Å². The number of oxime groups is 1. The third-order valence-electron chi connectivity index (χ3n) is 3.12. The Balaban J connectivity index is 2.08. The fourth-order valence-electron chi connectivity index (χ4n) is 2.68. The maximum atomic E-state index is 12.3. The van der Waals surface area contributed by atoms with Gasteiger partial charge in [0.15, 0.2) is 0 Å². The molecule has 3 heteroatoms. The molecule has 1 atom stereocenters. The highest BCUT2D eigenvalue weighted by molar-refractivity contribution is 6.46. The Bertz CT molecular complexity index is 499. The summed E-state index contributed by atoms with van der Waals surface area (Å²) in [6, 6.07) is 9.23. The van der Waals surface area contributed by atoms with E-state index in [-0.39, 0.29) is 16.8 Å². The third kappa shape index (κ3) is 3.43. The van der Waals surface area contributed by atoms with E-state index in [1.165, 1.54) is 0 Å². The zero-order chi connectivity index (χ0) is 14.1. The molecule has 0 fully saturated rings. The van der Waals surface area contributed by atoms with Crippen LogP contribution in [0.3, 0.4) is 0 Å². The summed E-state index contributed by atoms with van der Waals surface area (Å²) in [6.45, 7) is 8.52. The molecule has 2 rings (SSSR count). The summed E-state index contributed by atoms with van der Waals surface area (Å²) in [5.74, 6) is -0.0294. The van der Waals surface area contributed by atoms with Crippen molar-refractivity contribution in [2.45, 2.75) is 46.1 Å². The van der Waals surface area contributed by atoms with Gasteiger partial charge in [-0.2, -0.15) is 0 Å². The molecule has 0 aromatic heterocycles. The van der Waals surface area contributed by atoms with Gasteiger partial charge in [0, 0.05) is 12.0 Å². The van der Waals surface area contributed by atoms with Gasteiger partial charge in [0.1, 0.15) is 11.3 Å². The molecule has 3 nitrogen and oxygen atoms in total. The van der Waals surface area contributed by atoms with Crippen molar-refractivity contribution in [3.05, 3.63) is 35.9 Å². The van der Waals surface area contributed by atoms with Crippen LogP contribution in [0.4, 0.5) is 0 Å². The lowest BCUT2D eigenvalue weighted by Gasteiger charge is -2.29. The van der Waals surface area contributed by atoms with Crippen LogP contribution in [0.25, 0.3) is 0 Å². The first kappa shape index (κ1) is 13.8. The first-order chi connectivity index (χ1) is 8.79. The van der Waals surface area contributed by atoms with Crippen molar-refractivity contribution in [2.75, 3.05) is 0 Å². The van der Waals surface area contributed by atoms with Crippen molar-refractivity contribution < 1.29 is 9.63 Å². The summed E-state index contributed by atoms with van der Waals surface area (Å²) in [6.07, 6.45) is 1.45. The summed E-state index contributed by atoms with van der Waals surface area (Å²) >= 11 is 0. The number of rotatable bonds is 3. The topological polar surface area (TPSA) is 38.7 Å². The SMILES string of the molecule is CC(C)(C)CC1(C)CC(C(=O)c2ccccc2)=NO1. The average molecular weight is 259 g/mol. The summed E-state index contributed by atoms with van der Waals surface area (Å²) in [5, 5.41) is 4.02. The fourth-order valence-corrected chi connectivity index (χ4v) is 2.68. The molecule has 0 saturated carbocycles. The normalized spacial score (nSPS) is 22.8. The van der Waals surface area contributed by atoms with E-state index in [1.54, 1.807) is 0 Å². The van der Waals surface area contributed by atoms with Crippen LogP contribution >= 0.6 is 0 Å². The largest absolute Gasteiger partial charge is 0.389 e. The second-order valence-electron chi connectivity index (χ2n) is 6.69. The summed E-state index contributed by atoms with van der Waals surface area (Å²) in [7, 11) is 0. The summed E-state index contributed by atoms with van der Waals surface area (Å²) in [5.41, 5.74) is 0.982. The molecule has 1 aliphatic heterocycles. The van der Waals surface area contributed by atoms with Gasteiger partial charge in [-0.1, -0.05) is 56.3 Å². The van der Waals surface area contributed by atoms with Crippen LogP contribution in [0.1, 0.15) is 50.9 Å². The molecule has 0 aliphatic carbocycles. The Morgan fingerprint density at radius 3 is 2.53 bits per heavy atom. The van der Waals surface area contributed by atoms with E-state index in [4.69, 9.17) is 4.84 Å². The lowest BCUT2D eigenvalue weighted by atomic mass is 9.80. The van der Waals surface area contributed by atoms with E-state index in [2.05, 4.69) is 25.9 Å². The second-order valence-corrected chi connectivity index (χ2v) is 6.69. The molecule has 1 aromatic rings. The van der Waals surface area contributed by atoms with E-state index in [1.807, 2.05) is 37.3 Å². The average Bonchev–Trinajstić information content (AvgIpc) is 2.69. The lowest BCUT2D eigenvalue weighted by Crippen LogP contribution is -2.31. The van der Waals surface area contributed by atoms with Gasteiger partial charge in [0.25, 0.3) is 0 Å². The Morgan fingerprint density at radius 1 is 1.32 bits per heavy atom. The van der Waals surface area contributed by atoms with Crippen molar-refractivity contribution in [1.29, 1.82) is 0 Å². The van der Waals surface area contributed by atoms with Crippen molar-refractivity contribution in [3.8, 4) is 0 Å². The maximum Gasteiger partial charge on any atom is 0.210 e. The molecule has 1 heterocycles. The Morgan fingerprint density at radius 2 is 1.95 bits per heavy atom. The predicted molar refractivity (Wildman–Crippen MR) is 76.4 cm³/mol. The zero-order valence-electron chi connectivity index (χ0n) is 12.1. The minimum Gasteiger partial charge on any atom is -0.389 e. The third-order valence-corrected chi connectivity index (χ3v) is 3.12. The van der Waals surface area contributed by atoms with Gasteiger partial charge in [-0.05, 0) is 18.8 Å². The monoisotopic (exact) mass is 259 g/mol. The molecule has 1 aliphatic rings. The molecule has 1 unspecified atom stereocenters. The van der Waals surface area contributed by atoms with Gasteiger partial charge in [0.2, 0.25) is 5.78 Å². The number of hydrogen-bond donors (Lipinski definition) is 0. The molecule has 0 N–H and O–H groups in total. The Labute approximate surface area is 114 Å². The molecule has 0 saturated heterocycles. The Kier molecular flexibility index (Phi) is 3.48. The number of benzene rings is 1. The van der Waals surface area contributed by atoms with E-state index in [0.29, 0.717) is 17.7 Å². The van der Waals surface area contributed by atoms with Crippen LogP contribution in [0, 0.1) is 5.41 Å². The number of carbonyl (C=O) groups excluding carboxylic acids is 1. The predicted octanol–water partition coefficient (Wildman–Crippen LogP) is 3.84. The molecular weight excluding hydrogens is 238 g/mol. The maximum absolute atomic E-state index is 12.3. The summed E-state index contributed by atoms with van der Waals surface area (Å²) < 4.78 is 0. The molecule has 102 valence electrons. The van der Waals surface area contributed by atoms with E-state index < -0.39 is 0 Å². The van der Waals surface area contributed by atoms with Gasteiger partial charge in [0.05, 0.1) is 0 Å². The van der Waals surface area contributed by atoms with Gasteiger partial charge < -0.3 is 4.84 Å². The molecule has 0 spiro atoms. The van der Waals surface area contributed by atoms with Crippen LogP contribution < -0.4 is 0 Å². The van der Waals surface area contributed by atoms with Crippen LogP contribution in [0.2, 0.25) is 0 Å². The van der Waals surface area contributed by atoms with Gasteiger partial charge in [-0.25, -0.2) is 0 Å². The molecule has 1 aromatic carbocycles. The first-order valence-corrected chi connectivity index (χ1v) is 6.64. The number of carbonyl (C=O) groups is 1. The zero-order valence-corrected chi connectivity index (χ0v) is 12.1. The molecule has 0 bridgehead atoms. The minimum atomic E-state index is -0.363. The summed E-state index contributed by atoms with van der Waals surface area (Å²) in [4.78, 5) is 17.8. The van der Waals surface area contributed by atoms with Gasteiger partial charge >= 0.3 is 0 Å². The highest BCUT2D eigenvalue weighted by Crippen LogP contribution is 2.36. The quantitative estimate of drug-likeness (QED) is 0.773. The van der Waals surface area contributed by atoms with Crippen molar-refractivity contribution >= 4 is 11.5 Å². The van der Waals surface area contributed by atoms with E-state index in [0.717, 1.165) is 6.42 Å². The van der Waals surface area contributed by atoms with Crippen LogP contribution in [0.15, 0.2) is 35.5 Å². The van der Waals surface area contributed by atoms with Gasteiger partial charge in [-0.15, -0.1) is 0 Å². The molecule has 0 radical (unpaired) electrons. The second kappa shape index (κ2) is 4.80. The standard InChI is InChI=1S/C16H21NO2/c1-15(2,3)11-16(4)10-13(17-19-16)14(18)12-8-6-5-7-9-12/h5-9H,10-11H2,1-4H3. The molecular formula is C16H21NO2. The van der Waals surface area contributed by atoms with Crippen molar-refractivity contribution in [3.63, 3.8) is 0 Å². The Hall–Kier alpha value is -1.64.